The Labute approximate surface area is 301 Å². The van der Waals surface area contributed by atoms with Crippen LogP contribution in [0.4, 0.5) is 4.39 Å². The normalized spacial score (nSPS) is 18.7. The fourth-order valence-corrected chi connectivity index (χ4v) is 6.29. The number of ether oxygens (including phenoxy) is 4. The number of carbonyl (C=O) groups excluding carboxylic acids is 3. The van der Waals surface area contributed by atoms with Gasteiger partial charge in [0.15, 0.2) is 5.67 Å². The van der Waals surface area contributed by atoms with E-state index in [9.17, 15) is 28.7 Å². The van der Waals surface area contributed by atoms with Crippen molar-refractivity contribution in [1.82, 2.24) is 20.5 Å². The van der Waals surface area contributed by atoms with Crippen molar-refractivity contribution in [1.29, 1.82) is 0 Å². The summed E-state index contributed by atoms with van der Waals surface area (Å²) in [4.78, 5) is 57.0. The lowest BCUT2D eigenvalue weighted by atomic mass is 9.85. The molecule has 1 aromatic carbocycles. The van der Waals surface area contributed by atoms with Gasteiger partial charge in [0.25, 0.3) is 5.91 Å². The van der Waals surface area contributed by atoms with Crippen LogP contribution in [0.3, 0.4) is 0 Å². The molecule has 1 saturated heterocycles. The quantitative estimate of drug-likeness (QED) is 0.147. The van der Waals surface area contributed by atoms with E-state index in [1.165, 1.54) is 16.2 Å². The molecule has 2 fully saturated rings. The van der Waals surface area contributed by atoms with Crippen molar-refractivity contribution in [2.24, 2.45) is 5.41 Å². The van der Waals surface area contributed by atoms with Crippen LogP contribution in [0.1, 0.15) is 57.7 Å². The van der Waals surface area contributed by atoms with Crippen molar-refractivity contribution in [2.45, 2.75) is 83.8 Å². The van der Waals surface area contributed by atoms with E-state index in [0.29, 0.717) is 31.1 Å². The molecule has 0 unspecified atom stereocenters. The van der Waals surface area contributed by atoms with Crippen LogP contribution in [0.5, 0.6) is 5.75 Å². The molecule has 0 spiro atoms. The van der Waals surface area contributed by atoms with Crippen molar-refractivity contribution >= 4 is 35.0 Å². The highest BCUT2D eigenvalue weighted by Gasteiger charge is 2.53. The van der Waals surface area contributed by atoms with Crippen molar-refractivity contribution in [3.8, 4) is 16.2 Å². The van der Waals surface area contributed by atoms with Gasteiger partial charge in [-0.3, -0.25) is 19.2 Å². The molecule has 1 aromatic heterocycles. The monoisotopic (exact) mass is 736 g/mol. The fourth-order valence-electron chi connectivity index (χ4n) is 5.48. The molecule has 2 aliphatic rings. The first kappa shape index (κ1) is 40.1. The summed E-state index contributed by atoms with van der Waals surface area (Å²) in [6, 6.07) is 3.54. The number of aliphatic hydroxyl groups is 1. The number of alkyl halides is 1. The Morgan fingerprint density at radius 3 is 2.29 bits per heavy atom. The lowest BCUT2D eigenvalue weighted by molar-refractivity contribution is -0.145. The number of amides is 3. The highest BCUT2D eigenvalue weighted by molar-refractivity contribution is 7.13. The van der Waals surface area contributed by atoms with E-state index in [0.717, 1.165) is 16.1 Å². The number of rotatable bonds is 20. The molecule has 1 aliphatic carbocycles. The molecule has 2 heterocycles. The maximum absolute atomic E-state index is 14.5. The first-order chi connectivity index (χ1) is 24.2. The topological polar surface area (TPSA) is 186 Å². The molecule has 4 N–H and O–H groups in total. The van der Waals surface area contributed by atoms with E-state index in [2.05, 4.69) is 15.6 Å². The Kier molecular flexibility index (Phi) is 14.3. The summed E-state index contributed by atoms with van der Waals surface area (Å²) < 4.78 is 36.8. The Balaban J connectivity index is 1.34. The molecule has 14 nitrogen and oxygen atoms in total. The fraction of sp³-hybridized carbons (Fsp3) is 0.629. The van der Waals surface area contributed by atoms with Gasteiger partial charge in [0.1, 0.15) is 24.4 Å². The standard InChI is InChI=1S/C35H49FN4O10S/c1-22-29(51-21-38-22)23-5-6-24(27(17-23)50-16-15-49-14-13-48-12-11-47-10-7-28(42)43)19-37-31(44)26-18-25(41)20-40(26)32(45)30(34(2,3)4)39-33(46)35(36)8-9-35/h5-6,17,21,25-26,30,41H,7-16,18-20H2,1-4H3,(H,37,44)(H,39,46)(H,42,43)/t25-,26+,30-/m1/s1. The second-order valence-corrected chi connectivity index (χ2v) is 14.6. The number of carbonyl (C=O) groups is 4. The van der Waals surface area contributed by atoms with Crippen molar-refractivity contribution in [2.75, 3.05) is 52.8 Å². The van der Waals surface area contributed by atoms with Crippen LogP contribution in [-0.2, 0) is 39.9 Å². The van der Waals surface area contributed by atoms with E-state index in [1.807, 2.05) is 25.1 Å². The van der Waals surface area contributed by atoms with Gasteiger partial charge in [-0.15, -0.1) is 11.3 Å². The number of nitrogens with zero attached hydrogens (tertiary/aromatic N) is 2. The van der Waals surface area contributed by atoms with Gasteiger partial charge < -0.3 is 44.7 Å². The number of β-amino-alcohol motifs (C(OH)–C–C–N with tert-alkyl or cyclic N) is 1. The van der Waals surface area contributed by atoms with Crippen LogP contribution in [-0.4, -0.2) is 120 Å². The molecular weight excluding hydrogens is 687 g/mol. The number of carboxylic acids is 1. The second kappa shape index (κ2) is 18.2. The zero-order chi connectivity index (χ0) is 37.2. The molecular formula is C35H49FN4O10S. The number of hydrogen-bond donors (Lipinski definition) is 4. The maximum Gasteiger partial charge on any atom is 0.305 e. The minimum Gasteiger partial charge on any atom is -0.491 e. The number of aliphatic hydroxyl groups excluding tert-OH is 1. The molecule has 16 heteroatoms. The number of aliphatic carboxylic acids is 1. The van der Waals surface area contributed by atoms with E-state index in [-0.39, 0.29) is 65.2 Å². The van der Waals surface area contributed by atoms with Gasteiger partial charge in [0.05, 0.1) is 68.2 Å². The van der Waals surface area contributed by atoms with Crippen LogP contribution in [0.15, 0.2) is 23.7 Å². The SMILES string of the molecule is Cc1ncsc1-c1ccc(CNC(=O)[C@@H]2C[C@@H](O)CN2C(=O)[C@@H](NC(=O)C2(F)CC2)C(C)(C)C)c(OCCOCCOCCOCCC(=O)O)c1. The van der Waals surface area contributed by atoms with Gasteiger partial charge in [-0.05, 0) is 36.8 Å². The highest BCUT2D eigenvalue weighted by atomic mass is 32.1. The van der Waals surface area contributed by atoms with Crippen molar-refractivity contribution in [3.05, 3.63) is 35.0 Å². The summed E-state index contributed by atoms with van der Waals surface area (Å²) in [6.07, 6.45) is -0.780. The number of likely N-dealkylation sites (tertiary alicyclic amines) is 1. The summed E-state index contributed by atoms with van der Waals surface area (Å²) in [7, 11) is 0. The van der Waals surface area contributed by atoms with E-state index >= 15 is 0 Å². The number of carboxylic acid groups (broad SMARTS) is 1. The Morgan fingerprint density at radius 2 is 1.71 bits per heavy atom. The van der Waals surface area contributed by atoms with Crippen LogP contribution in [0.25, 0.3) is 10.4 Å². The third kappa shape index (κ3) is 11.7. The van der Waals surface area contributed by atoms with Crippen LogP contribution >= 0.6 is 11.3 Å². The summed E-state index contributed by atoms with van der Waals surface area (Å²) in [5, 5.41) is 24.6. The summed E-state index contributed by atoms with van der Waals surface area (Å²) in [5.41, 5.74) is 1.45. The summed E-state index contributed by atoms with van der Waals surface area (Å²) >= 11 is 1.50. The summed E-state index contributed by atoms with van der Waals surface area (Å²) in [5.74, 6) is -2.27. The van der Waals surface area contributed by atoms with Crippen molar-refractivity contribution < 1.29 is 52.7 Å². The molecule has 4 rings (SSSR count). The van der Waals surface area contributed by atoms with Crippen LogP contribution in [0, 0.1) is 12.3 Å². The van der Waals surface area contributed by atoms with Crippen LogP contribution < -0.4 is 15.4 Å². The predicted molar refractivity (Wildman–Crippen MR) is 185 cm³/mol. The first-order valence-corrected chi connectivity index (χ1v) is 17.9. The highest BCUT2D eigenvalue weighted by Crippen LogP contribution is 2.40. The van der Waals surface area contributed by atoms with E-state index in [1.54, 1.807) is 26.3 Å². The third-order valence-corrected chi connectivity index (χ3v) is 9.54. The molecule has 3 amide bonds. The molecule has 3 atom stereocenters. The number of halogens is 1. The lowest BCUT2D eigenvalue weighted by Crippen LogP contribution is -2.59. The zero-order valence-corrected chi connectivity index (χ0v) is 30.4. The van der Waals surface area contributed by atoms with Gasteiger partial charge in [-0.25, -0.2) is 9.37 Å². The Morgan fingerprint density at radius 1 is 1.06 bits per heavy atom. The number of benzene rings is 1. The molecule has 0 bridgehead atoms. The molecule has 1 saturated carbocycles. The van der Waals surface area contributed by atoms with E-state index in [4.69, 9.17) is 24.1 Å². The minimum absolute atomic E-state index is 0.0151. The number of aryl methyl sites for hydroxylation is 1. The average molecular weight is 737 g/mol. The Bertz CT molecular complexity index is 1510. The van der Waals surface area contributed by atoms with E-state index < -0.39 is 53.0 Å². The van der Waals surface area contributed by atoms with Gasteiger partial charge >= 0.3 is 5.97 Å². The zero-order valence-electron chi connectivity index (χ0n) is 29.6. The van der Waals surface area contributed by atoms with Gasteiger partial charge in [0, 0.05) is 25.1 Å². The molecule has 0 radical (unpaired) electrons. The molecule has 282 valence electrons. The first-order valence-electron chi connectivity index (χ1n) is 17.1. The largest absolute Gasteiger partial charge is 0.491 e. The molecule has 1 aliphatic heterocycles. The minimum atomic E-state index is -1.97. The average Bonchev–Trinajstić information content (AvgIpc) is 3.48. The predicted octanol–water partition coefficient (Wildman–Crippen LogP) is 2.63. The number of aromatic nitrogens is 1. The number of hydrogen-bond acceptors (Lipinski definition) is 11. The molecule has 2 aromatic rings. The van der Waals surface area contributed by atoms with Gasteiger partial charge in [-0.1, -0.05) is 32.9 Å². The van der Waals surface area contributed by atoms with Crippen LogP contribution in [0.2, 0.25) is 0 Å². The third-order valence-electron chi connectivity index (χ3n) is 8.57. The Hall–Kier alpha value is -3.70. The molecule has 51 heavy (non-hydrogen) atoms. The lowest BCUT2D eigenvalue weighted by Gasteiger charge is -2.35. The number of thiazole rings is 1. The summed E-state index contributed by atoms with van der Waals surface area (Å²) in [6.45, 7) is 8.99. The number of nitrogens with one attached hydrogen (secondary N) is 2. The van der Waals surface area contributed by atoms with Gasteiger partial charge in [-0.2, -0.15) is 0 Å². The van der Waals surface area contributed by atoms with Gasteiger partial charge in [0.2, 0.25) is 11.8 Å². The smallest absolute Gasteiger partial charge is 0.305 e. The second-order valence-electron chi connectivity index (χ2n) is 13.8. The van der Waals surface area contributed by atoms with Crippen molar-refractivity contribution in [3.63, 3.8) is 0 Å². The maximum atomic E-state index is 14.5.